The van der Waals surface area contributed by atoms with Gasteiger partial charge in [-0.25, -0.2) is 9.97 Å². The van der Waals surface area contributed by atoms with Gasteiger partial charge in [-0.3, -0.25) is 0 Å². The van der Waals surface area contributed by atoms with Crippen molar-refractivity contribution >= 4 is 21.7 Å². The second-order valence-corrected chi connectivity index (χ2v) is 6.02. The summed E-state index contributed by atoms with van der Waals surface area (Å²) in [6.45, 7) is 6.03. The molecule has 3 rings (SSSR count). The number of hydrogen-bond acceptors (Lipinski definition) is 3. The predicted molar refractivity (Wildman–Crippen MR) is 85.0 cm³/mol. The number of rotatable bonds is 2. The number of aromatic nitrogens is 2. The van der Waals surface area contributed by atoms with Crippen LogP contribution in [0.25, 0.3) is 0 Å². The molecule has 1 aromatic carbocycles. The van der Waals surface area contributed by atoms with Crippen molar-refractivity contribution in [2.45, 2.75) is 33.2 Å². The van der Waals surface area contributed by atoms with E-state index in [1.165, 1.54) is 15.6 Å². The van der Waals surface area contributed by atoms with Crippen LogP contribution in [0.3, 0.4) is 0 Å². The molecule has 1 aliphatic rings. The molecule has 0 unspecified atom stereocenters. The monoisotopic (exact) mass is 331 g/mol. The summed E-state index contributed by atoms with van der Waals surface area (Å²) in [7, 11) is 0. The summed E-state index contributed by atoms with van der Waals surface area (Å²) in [4.78, 5) is 11.4. The maximum atomic E-state index is 4.61. The molecule has 0 bridgehead atoms. The number of fused-ring (bicyclic) bond motifs is 1. The standard InChI is InChI=1S/C16H18BrN3/c1-3-13-9-16(19-11(2)18-13)20-8-7-12-5-4-6-15(17)14(12)10-20/h4-6,9H,3,7-8,10H2,1-2H3. The Hall–Kier alpha value is -1.42. The molecular weight excluding hydrogens is 314 g/mol. The van der Waals surface area contributed by atoms with Gasteiger partial charge in [-0.15, -0.1) is 0 Å². The third kappa shape index (κ3) is 2.57. The highest BCUT2D eigenvalue weighted by atomic mass is 79.9. The highest BCUT2D eigenvalue weighted by Crippen LogP contribution is 2.28. The molecule has 2 aromatic rings. The maximum Gasteiger partial charge on any atom is 0.132 e. The van der Waals surface area contributed by atoms with E-state index in [1.807, 2.05) is 6.92 Å². The summed E-state index contributed by atoms with van der Waals surface area (Å²) in [6.07, 6.45) is 2.02. The van der Waals surface area contributed by atoms with Gasteiger partial charge in [0.15, 0.2) is 0 Å². The molecule has 0 saturated heterocycles. The molecule has 1 aromatic heterocycles. The SMILES string of the molecule is CCc1cc(N2CCc3cccc(Br)c3C2)nc(C)n1. The Labute approximate surface area is 128 Å². The fourth-order valence-corrected chi connectivity index (χ4v) is 3.22. The number of anilines is 1. The van der Waals surface area contributed by atoms with Crippen LogP contribution in [-0.2, 0) is 19.4 Å². The zero-order chi connectivity index (χ0) is 14.1. The molecule has 0 N–H and O–H groups in total. The van der Waals surface area contributed by atoms with Gasteiger partial charge in [0.25, 0.3) is 0 Å². The fraction of sp³-hybridized carbons (Fsp3) is 0.375. The zero-order valence-electron chi connectivity index (χ0n) is 11.9. The van der Waals surface area contributed by atoms with Crippen LogP contribution in [-0.4, -0.2) is 16.5 Å². The van der Waals surface area contributed by atoms with Crippen LogP contribution in [0.15, 0.2) is 28.7 Å². The average molecular weight is 332 g/mol. The van der Waals surface area contributed by atoms with Gasteiger partial charge < -0.3 is 4.90 Å². The average Bonchev–Trinajstić information content (AvgIpc) is 2.46. The summed E-state index contributed by atoms with van der Waals surface area (Å²) in [6, 6.07) is 8.57. The van der Waals surface area contributed by atoms with Crippen LogP contribution in [0.5, 0.6) is 0 Å². The number of halogens is 1. The van der Waals surface area contributed by atoms with E-state index in [1.54, 1.807) is 0 Å². The van der Waals surface area contributed by atoms with E-state index in [-0.39, 0.29) is 0 Å². The first-order chi connectivity index (χ1) is 9.67. The van der Waals surface area contributed by atoms with Gasteiger partial charge in [0.1, 0.15) is 11.6 Å². The molecule has 104 valence electrons. The molecule has 0 spiro atoms. The Balaban J connectivity index is 1.94. The Morgan fingerprint density at radius 2 is 2.15 bits per heavy atom. The lowest BCUT2D eigenvalue weighted by Gasteiger charge is -2.30. The highest BCUT2D eigenvalue weighted by Gasteiger charge is 2.19. The van der Waals surface area contributed by atoms with E-state index in [9.17, 15) is 0 Å². The quantitative estimate of drug-likeness (QED) is 0.840. The van der Waals surface area contributed by atoms with Gasteiger partial charge in [-0.05, 0) is 37.0 Å². The molecule has 0 radical (unpaired) electrons. The van der Waals surface area contributed by atoms with E-state index in [0.29, 0.717) is 0 Å². The fourth-order valence-electron chi connectivity index (χ4n) is 2.69. The lowest BCUT2D eigenvalue weighted by Crippen LogP contribution is -2.31. The molecule has 2 heterocycles. The Bertz CT molecular complexity index is 640. The van der Waals surface area contributed by atoms with Crippen molar-refractivity contribution < 1.29 is 0 Å². The molecule has 0 atom stereocenters. The summed E-state index contributed by atoms with van der Waals surface area (Å²) < 4.78 is 1.20. The minimum absolute atomic E-state index is 0.859. The van der Waals surface area contributed by atoms with Crippen molar-refractivity contribution in [1.29, 1.82) is 0 Å². The first-order valence-electron chi connectivity index (χ1n) is 7.03. The smallest absolute Gasteiger partial charge is 0.132 e. The van der Waals surface area contributed by atoms with E-state index >= 15 is 0 Å². The van der Waals surface area contributed by atoms with Crippen molar-refractivity contribution in [3.05, 3.63) is 51.4 Å². The van der Waals surface area contributed by atoms with Gasteiger partial charge in [-0.1, -0.05) is 35.0 Å². The molecule has 0 fully saturated rings. The van der Waals surface area contributed by atoms with Crippen LogP contribution in [0.1, 0.15) is 29.6 Å². The van der Waals surface area contributed by atoms with E-state index in [0.717, 1.165) is 43.3 Å². The minimum Gasteiger partial charge on any atom is -0.352 e. The van der Waals surface area contributed by atoms with Crippen LogP contribution in [0.2, 0.25) is 0 Å². The van der Waals surface area contributed by atoms with Crippen LogP contribution >= 0.6 is 15.9 Å². The number of hydrogen-bond donors (Lipinski definition) is 0. The van der Waals surface area contributed by atoms with Crippen LogP contribution in [0, 0.1) is 6.92 Å². The van der Waals surface area contributed by atoms with Crippen molar-refractivity contribution in [2.24, 2.45) is 0 Å². The largest absolute Gasteiger partial charge is 0.352 e. The van der Waals surface area contributed by atoms with Crippen LogP contribution < -0.4 is 4.90 Å². The van der Waals surface area contributed by atoms with Crippen molar-refractivity contribution in [3.63, 3.8) is 0 Å². The zero-order valence-corrected chi connectivity index (χ0v) is 13.4. The molecule has 20 heavy (non-hydrogen) atoms. The van der Waals surface area contributed by atoms with Gasteiger partial charge in [-0.2, -0.15) is 0 Å². The lowest BCUT2D eigenvalue weighted by molar-refractivity contribution is 0.712. The second kappa shape index (κ2) is 5.52. The highest BCUT2D eigenvalue weighted by molar-refractivity contribution is 9.10. The second-order valence-electron chi connectivity index (χ2n) is 5.17. The van der Waals surface area contributed by atoms with Crippen molar-refractivity contribution in [3.8, 4) is 0 Å². The number of benzene rings is 1. The normalized spacial score (nSPS) is 14.2. The van der Waals surface area contributed by atoms with Gasteiger partial charge in [0.05, 0.1) is 0 Å². The predicted octanol–water partition coefficient (Wildman–Crippen LogP) is 3.67. The Kier molecular flexibility index (Phi) is 3.74. The van der Waals surface area contributed by atoms with Gasteiger partial charge in [0, 0.05) is 29.3 Å². The van der Waals surface area contributed by atoms with E-state index in [2.05, 4.69) is 62.0 Å². The summed E-state index contributed by atoms with van der Waals surface area (Å²) in [5.41, 5.74) is 3.94. The van der Waals surface area contributed by atoms with Crippen molar-refractivity contribution in [2.75, 3.05) is 11.4 Å². The van der Waals surface area contributed by atoms with Crippen molar-refractivity contribution in [1.82, 2.24) is 9.97 Å². The molecule has 1 aliphatic heterocycles. The topological polar surface area (TPSA) is 29.0 Å². The first-order valence-corrected chi connectivity index (χ1v) is 7.82. The third-order valence-corrected chi connectivity index (χ3v) is 4.52. The van der Waals surface area contributed by atoms with Gasteiger partial charge >= 0.3 is 0 Å². The maximum absolute atomic E-state index is 4.61. The summed E-state index contributed by atoms with van der Waals surface area (Å²) in [5, 5.41) is 0. The Morgan fingerprint density at radius 3 is 2.95 bits per heavy atom. The summed E-state index contributed by atoms with van der Waals surface area (Å²) in [5.74, 6) is 1.91. The molecular formula is C16H18BrN3. The molecule has 0 aliphatic carbocycles. The van der Waals surface area contributed by atoms with Crippen LogP contribution in [0.4, 0.5) is 5.82 Å². The molecule has 3 nitrogen and oxygen atoms in total. The third-order valence-electron chi connectivity index (χ3n) is 3.78. The molecule has 0 amide bonds. The van der Waals surface area contributed by atoms with E-state index in [4.69, 9.17) is 0 Å². The number of nitrogens with zero attached hydrogens (tertiary/aromatic N) is 3. The molecule has 4 heteroatoms. The Morgan fingerprint density at radius 1 is 1.30 bits per heavy atom. The minimum atomic E-state index is 0.859. The van der Waals surface area contributed by atoms with Gasteiger partial charge in [0.2, 0.25) is 0 Å². The summed E-state index contributed by atoms with van der Waals surface area (Å²) >= 11 is 3.67. The number of aryl methyl sites for hydroxylation is 2. The lowest BCUT2D eigenvalue weighted by atomic mass is 10.00. The molecule has 0 saturated carbocycles. The first kappa shape index (κ1) is 13.6. The van der Waals surface area contributed by atoms with E-state index < -0.39 is 0 Å².